The minimum Gasteiger partial charge on any atom is -0.497 e. The topological polar surface area (TPSA) is 67.4 Å². The second kappa shape index (κ2) is 6.38. The molecule has 0 aliphatic heterocycles. The normalized spacial score (nSPS) is 9.65. The molecule has 0 spiro atoms. The van der Waals surface area contributed by atoms with Crippen molar-refractivity contribution in [3.8, 4) is 5.75 Å². The Bertz CT molecular complexity index is 612. The summed E-state index contributed by atoms with van der Waals surface area (Å²) in [5, 5.41) is 4.82. The number of hydrogen-bond acceptors (Lipinski definition) is 3. The molecule has 2 aromatic rings. The fraction of sp³-hybridized carbons (Fsp3) is 0.0667. The Kier molecular flexibility index (Phi) is 4.34. The van der Waals surface area contributed by atoms with Crippen LogP contribution in [-0.4, -0.2) is 19.0 Å². The maximum absolute atomic E-state index is 11.8. The first-order valence-corrected chi connectivity index (χ1v) is 6.00. The van der Waals surface area contributed by atoms with Crippen molar-refractivity contribution in [1.29, 1.82) is 0 Å². The number of carbonyl (C=O) groups excluding carboxylic acids is 2. The van der Waals surface area contributed by atoms with Crippen LogP contribution >= 0.6 is 0 Å². The van der Waals surface area contributed by atoms with E-state index in [-0.39, 0.29) is 0 Å². The first-order valence-electron chi connectivity index (χ1n) is 6.00. The highest BCUT2D eigenvalue weighted by Crippen LogP contribution is 2.16. The summed E-state index contributed by atoms with van der Waals surface area (Å²) in [6, 6.07) is 14.8. The van der Waals surface area contributed by atoms with Crippen LogP contribution in [0.15, 0.2) is 54.6 Å². The number of imide groups is 1. The zero-order valence-electron chi connectivity index (χ0n) is 10.9. The summed E-state index contributed by atoms with van der Waals surface area (Å²) in [4.78, 5) is 23.5. The summed E-state index contributed by atoms with van der Waals surface area (Å²) in [5.41, 5.74) is 0.969. The Morgan fingerprint density at radius 3 is 2.45 bits per heavy atom. The van der Waals surface area contributed by atoms with E-state index in [2.05, 4.69) is 10.6 Å². The lowest BCUT2D eigenvalue weighted by Gasteiger charge is -2.08. The summed E-state index contributed by atoms with van der Waals surface area (Å²) in [7, 11) is 1.54. The quantitative estimate of drug-likeness (QED) is 0.901. The van der Waals surface area contributed by atoms with Gasteiger partial charge < -0.3 is 10.1 Å². The molecule has 0 atom stereocenters. The van der Waals surface area contributed by atoms with E-state index >= 15 is 0 Å². The number of amides is 3. The Hall–Kier alpha value is -2.82. The van der Waals surface area contributed by atoms with E-state index in [0.717, 1.165) is 0 Å². The van der Waals surface area contributed by atoms with E-state index in [4.69, 9.17) is 4.74 Å². The fourth-order valence-electron chi connectivity index (χ4n) is 1.63. The first kappa shape index (κ1) is 13.6. The number of carbonyl (C=O) groups is 2. The maximum Gasteiger partial charge on any atom is 0.326 e. The fourth-order valence-corrected chi connectivity index (χ4v) is 1.63. The molecule has 0 fully saturated rings. The molecular formula is C15H14N2O3. The molecular weight excluding hydrogens is 256 g/mol. The van der Waals surface area contributed by atoms with Crippen molar-refractivity contribution in [3.05, 3.63) is 60.2 Å². The molecule has 0 radical (unpaired) electrons. The second-order valence-corrected chi connectivity index (χ2v) is 4.01. The zero-order valence-corrected chi connectivity index (χ0v) is 10.9. The molecule has 2 rings (SSSR count). The minimum absolute atomic E-state index is 0.424. The maximum atomic E-state index is 11.8. The highest BCUT2D eigenvalue weighted by molar-refractivity contribution is 6.07. The van der Waals surface area contributed by atoms with Crippen LogP contribution in [0.2, 0.25) is 0 Å². The molecule has 20 heavy (non-hydrogen) atoms. The van der Waals surface area contributed by atoms with Gasteiger partial charge in [-0.3, -0.25) is 10.1 Å². The van der Waals surface area contributed by atoms with Crippen LogP contribution in [0.25, 0.3) is 0 Å². The van der Waals surface area contributed by atoms with Gasteiger partial charge in [0.25, 0.3) is 5.91 Å². The minimum atomic E-state index is -0.591. The van der Waals surface area contributed by atoms with Crippen molar-refractivity contribution in [1.82, 2.24) is 5.32 Å². The number of benzene rings is 2. The molecule has 2 N–H and O–H groups in total. The Balaban J connectivity index is 1.97. The number of anilines is 1. The Morgan fingerprint density at radius 1 is 1.00 bits per heavy atom. The van der Waals surface area contributed by atoms with Crippen molar-refractivity contribution in [2.24, 2.45) is 0 Å². The predicted octanol–water partition coefficient (Wildman–Crippen LogP) is 2.66. The second-order valence-electron chi connectivity index (χ2n) is 4.01. The highest BCUT2D eigenvalue weighted by Gasteiger charge is 2.09. The molecule has 0 heterocycles. The van der Waals surface area contributed by atoms with Crippen molar-refractivity contribution < 1.29 is 14.3 Å². The van der Waals surface area contributed by atoms with E-state index in [1.54, 1.807) is 54.6 Å². The molecule has 3 amide bonds. The van der Waals surface area contributed by atoms with Crippen molar-refractivity contribution >= 4 is 17.6 Å². The van der Waals surface area contributed by atoms with E-state index < -0.39 is 11.9 Å². The van der Waals surface area contributed by atoms with Crippen molar-refractivity contribution in [2.45, 2.75) is 0 Å². The summed E-state index contributed by atoms with van der Waals surface area (Å²) < 4.78 is 5.05. The third-order valence-corrected chi connectivity index (χ3v) is 2.59. The molecule has 5 heteroatoms. The first-order chi connectivity index (χ1) is 9.69. The van der Waals surface area contributed by atoms with Crippen LogP contribution in [0.1, 0.15) is 10.4 Å². The summed E-state index contributed by atoms with van der Waals surface area (Å²) >= 11 is 0. The van der Waals surface area contributed by atoms with Crippen LogP contribution in [0.4, 0.5) is 10.5 Å². The molecule has 102 valence electrons. The van der Waals surface area contributed by atoms with Crippen molar-refractivity contribution in [2.75, 3.05) is 12.4 Å². The molecule has 2 aromatic carbocycles. The number of methoxy groups -OCH3 is 1. The smallest absolute Gasteiger partial charge is 0.326 e. The number of rotatable bonds is 3. The van der Waals surface area contributed by atoms with Crippen molar-refractivity contribution in [3.63, 3.8) is 0 Å². The molecule has 0 aliphatic rings. The summed E-state index contributed by atoms with van der Waals surface area (Å²) in [5.74, 6) is 0.170. The lowest BCUT2D eigenvalue weighted by Crippen LogP contribution is -2.34. The number of hydrogen-bond donors (Lipinski definition) is 2. The van der Waals surface area contributed by atoms with Crippen LogP contribution in [0.5, 0.6) is 5.75 Å². The molecule has 0 saturated heterocycles. The Labute approximate surface area is 116 Å². The molecule has 0 aliphatic carbocycles. The average molecular weight is 270 g/mol. The number of urea groups is 1. The van der Waals surface area contributed by atoms with E-state index in [0.29, 0.717) is 17.0 Å². The van der Waals surface area contributed by atoms with Gasteiger partial charge in [0, 0.05) is 17.3 Å². The van der Waals surface area contributed by atoms with Gasteiger partial charge in [-0.2, -0.15) is 0 Å². The van der Waals surface area contributed by atoms with E-state index in [9.17, 15) is 9.59 Å². The molecule has 0 bridgehead atoms. The van der Waals surface area contributed by atoms with Gasteiger partial charge in [0.2, 0.25) is 0 Å². The van der Waals surface area contributed by atoms with Crippen LogP contribution in [0, 0.1) is 0 Å². The van der Waals surface area contributed by atoms with Crippen LogP contribution < -0.4 is 15.4 Å². The third-order valence-electron chi connectivity index (χ3n) is 2.59. The van der Waals surface area contributed by atoms with Gasteiger partial charge in [-0.05, 0) is 24.3 Å². The lowest BCUT2D eigenvalue weighted by molar-refractivity contribution is 0.0967. The van der Waals surface area contributed by atoms with Gasteiger partial charge in [-0.25, -0.2) is 4.79 Å². The number of nitrogens with one attached hydrogen (secondary N) is 2. The van der Waals surface area contributed by atoms with Gasteiger partial charge in [-0.15, -0.1) is 0 Å². The SMILES string of the molecule is COc1cccc(NC(=O)NC(=O)c2ccccc2)c1. The summed E-state index contributed by atoms with van der Waals surface area (Å²) in [6.07, 6.45) is 0. The highest BCUT2D eigenvalue weighted by atomic mass is 16.5. The van der Waals surface area contributed by atoms with Gasteiger partial charge in [-0.1, -0.05) is 24.3 Å². The zero-order chi connectivity index (χ0) is 14.4. The van der Waals surface area contributed by atoms with Crippen LogP contribution in [-0.2, 0) is 0 Å². The molecule has 0 aromatic heterocycles. The lowest BCUT2D eigenvalue weighted by atomic mass is 10.2. The van der Waals surface area contributed by atoms with E-state index in [1.165, 1.54) is 7.11 Å². The predicted molar refractivity (Wildman–Crippen MR) is 75.9 cm³/mol. The van der Waals surface area contributed by atoms with Gasteiger partial charge in [0.05, 0.1) is 7.11 Å². The third kappa shape index (κ3) is 3.58. The standard InChI is InChI=1S/C15H14N2O3/c1-20-13-9-5-8-12(10-13)16-15(19)17-14(18)11-6-3-2-4-7-11/h2-10H,1H3,(H2,16,17,18,19). The van der Waals surface area contributed by atoms with Gasteiger partial charge in [0.1, 0.15) is 5.75 Å². The number of ether oxygens (including phenoxy) is 1. The van der Waals surface area contributed by atoms with Gasteiger partial charge >= 0.3 is 6.03 Å². The van der Waals surface area contributed by atoms with Gasteiger partial charge in [0.15, 0.2) is 0 Å². The molecule has 5 nitrogen and oxygen atoms in total. The average Bonchev–Trinajstić information content (AvgIpc) is 2.48. The summed E-state index contributed by atoms with van der Waals surface area (Å²) in [6.45, 7) is 0. The largest absolute Gasteiger partial charge is 0.497 e. The molecule has 0 unspecified atom stereocenters. The molecule has 0 saturated carbocycles. The van der Waals surface area contributed by atoms with Crippen LogP contribution in [0.3, 0.4) is 0 Å². The Morgan fingerprint density at radius 2 is 1.75 bits per heavy atom. The van der Waals surface area contributed by atoms with E-state index in [1.807, 2.05) is 0 Å². The monoisotopic (exact) mass is 270 g/mol.